The van der Waals surface area contributed by atoms with Crippen LogP contribution in [0.1, 0.15) is 18.2 Å². The van der Waals surface area contributed by atoms with Crippen molar-refractivity contribution in [2.45, 2.75) is 19.1 Å². The summed E-state index contributed by atoms with van der Waals surface area (Å²) in [4.78, 5) is 0. The Morgan fingerprint density at radius 1 is 1.45 bits per heavy atom. The van der Waals surface area contributed by atoms with Gasteiger partial charge in [-0.15, -0.1) is 0 Å². The summed E-state index contributed by atoms with van der Waals surface area (Å²) in [6.45, 7) is 2.77. The van der Waals surface area contributed by atoms with Crippen LogP contribution in [0.25, 0.3) is 0 Å². The molecular formula is C14H16BrClN2O2. The average molecular weight is 360 g/mol. The third-order valence-electron chi connectivity index (χ3n) is 3.16. The SMILES string of the molecule is COCCn1ncc(Br)c1C(C)(O)c1ccccc1Cl. The molecule has 1 N–H and O–H groups in total. The molecule has 1 heterocycles. The van der Waals surface area contributed by atoms with Crippen molar-refractivity contribution in [1.82, 2.24) is 9.78 Å². The molecule has 0 bridgehead atoms. The summed E-state index contributed by atoms with van der Waals surface area (Å²) in [5.74, 6) is 0. The van der Waals surface area contributed by atoms with Crippen LogP contribution in [0.2, 0.25) is 5.02 Å². The second kappa shape index (κ2) is 6.26. The molecule has 0 aliphatic rings. The van der Waals surface area contributed by atoms with Crippen molar-refractivity contribution in [3.8, 4) is 0 Å². The summed E-state index contributed by atoms with van der Waals surface area (Å²) in [5.41, 5.74) is 0.0469. The van der Waals surface area contributed by atoms with Crippen molar-refractivity contribution in [2.75, 3.05) is 13.7 Å². The molecule has 0 saturated carbocycles. The fraction of sp³-hybridized carbons (Fsp3) is 0.357. The average Bonchev–Trinajstić information content (AvgIpc) is 2.78. The molecule has 1 atom stereocenters. The van der Waals surface area contributed by atoms with Crippen LogP contribution in [0.4, 0.5) is 0 Å². The summed E-state index contributed by atoms with van der Waals surface area (Å²) in [6.07, 6.45) is 1.66. The van der Waals surface area contributed by atoms with E-state index in [-0.39, 0.29) is 0 Å². The molecule has 6 heteroatoms. The van der Waals surface area contributed by atoms with Gasteiger partial charge in [-0.3, -0.25) is 4.68 Å². The first kappa shape index (κ1) is 15.5. The smallest absolute Gasteiger partial charge is 0.131 e. The van der Waals surface area contributed by atoms with E-state index in [1.54, 1.807) is 31.0 Å². The third-order valence-corrected chi connectivity index (χ3v) is 4.07. The molecule has 0 saturated heterocycles. The van der Waals surface area contributed by atoms with Gasteiger partial charge >= 0.3 is 0 Å². The van der Waals surface area contributed by atoms with E-state index in [0.717, 1.165) is 4.47 Å². The van der Waals surface area contributed by atoms with Crippen molar-refractivity contribution < 1.29 is 9.84 Å². The Morgan fingerprint density at radius 2 is 2.15 bits per heavy atom. The molecule has 1 aromatic carbocycles. The summed E-state index contributed by atoms with van der Waals surface area (Å²) >= 11 is 9.64. The number of aromatic nitrogens is 2. The highest BCUT2D eigenvalue weighted by Crippen LogP contribution is 2.37. The fourth-order valence-corrected chi connectivity index (χ4v) is 3.18. The molecule has 0 amide bonds. The van der Waals surface area contributed by atoms with Crippen LogP contribution in [0.3, 0.4) is 0 Å². The monoisotopic (exact) mass is 358 g/mol. The van der Waals surface area contributed by atoms with Gasteiger partial charge in [0.15, 0.2) is 0 Å². The zero-order chi connectivity index (χ0) is 14.8. The first-order chi connectivity index (χ1) is 9.48. The van der Waals surface area contributed by atoms with Gasteiger partial charge in [0, 0.05) is 17.7 Å². The van der Waals surface area contributed by atoms with E-state index in [0.29, 0.717) is 29.4 Å². The van der Waals surface area contributed by atoms with E-state index >= 15 is 0 Å². The Kier molecular flexibility index (Phi) is 4.86. The molecule has 0 radical (unpaired) electrons. The van der Waals surface area contributed by atoms with Crippen molar-refractivity contribution in [3.63, 3.8) is 0 Å². The number of hydrogen-bond donors (Lipinski definition) is 1. The highest BCUT2D eigenvalue weighted by atomic mass is 79.9. The lowest BCUT2D eigenvalue weighted by Crippen LogP contribution is -2.28. The predicted octanol–water partition coefficient (Wildman–Crippen LogP) is 3.20. The van der Waals surface area contributed by atoms with Gasteiger partial charge in [-0.05, 0) is 28.9 Å². The molecule has 1 unspecified atom stereocenters. The zero-order valence-electron chi connectivity index (χ0n) is 11.3. The van der Waals surface area contributed by atoms with Crippen molar-refractivity contribution in [2.24, 2.45) is 0 Å². The Morgan fingerprint density at radius 3 is 2.80 bits per heavy atom. The van der Waals surface area contributed by atoms with Gasteiger partial charge in [-0.1, -0.05) is 29.8 Å². The number of nitrogens with zero attached hydrogens (tertiary/aromatic N) is 2. The van der Waals surface area contributed by atoms with Gasteiger partial charge in [0.25, 0.3) is 0 Å². The summed E-state index contributed by atoms with van der Waals surface area (Å²) in [5, 5.41) is 15.8. The van der Waals surface area contributed by atoms with Gasteiger partial charge in [0.05, 0.1) is 29.5 Å². The minimum Gasteiger partial charge on any atom is -0.383 e. The van der Waals surface area contributed by atoms with E-state index in [1.165, 1.54) is 0 Å². The van der Waals surface area contributed by atoms with Crippen LogP contribution < -0.4 is 0 Å². The lowest BCUT2D eigenvalue weighted by molar-refractivity contribution is 0.0876. The number of methoxy groups -OCH3 is 1. The molecule has 0 fully saturated rings. The Labute approximate surface area is 131 Å². The van der Waals surface area contributed by atoms with E-state index in [1.807, 2.05) is 18.2 Å². The molecule has 1 aromatic heterocycles. The topological polar surface area (TPSA) is 47.3 Å². The molecule has 2 rings (SSSR count). The number of halogens is 2. The molecule has 20 heavy (non-hydrogen) atoms. The summed E-state index contributed by atoms with van der Waals surface area (Å²) in [6, 6.07) is 7.25. The normalized spacial score (nSPS) is 14.2. The fourth-order valence-electron chi connectivity index (χ4n) is 2.18. The second-order valence-corrected chi connectivity index (χ2v) is 5.87. The quantitative estimate of drug-likeness (QED) is 0.892. The molecule has 0 aliphatic carbocycles. The first-order valence-electron chi connectivity index (χ1n) is 6.16. The molecule has 0 aliphatic heterocycles. The zero-order valence-corrected chi connectivity index (χ0v) is 13.6. The van der Waals surface area contributed by atoms with Crippen molar-refractivity contribution >= 4 is 27.5 Å². The highest BCUT2D eigenvalue weighted by molar-refractivity contribution is 9.10. The maximum atomic E-state index is 11.0. The van der Waals surface area contributed by atoms with Gasteiger partial charge in [-0.2, -0.15) is 5.10 Å². The number of benzene rings is 1. The maximum Gasteiger partial charge on any atom is 0.131 e. The van der Waals surface area contributed by atoms with E-state index in [2.05, 4.69) is 21.0 Å². The highest BCUT2D eigenvalue weighted by Gasteiger charge is 2.33. The largest absolute Gasteiger partial charge is 0.383 e. The van der Waals surface area contributed by atoms with Gasteiger partial charge in [-0.25, -0.2) is 0 Å². The van der Waals surface area contributed by atoms with E-state index < -0.39 is 5.60 Å². The minimum absolute atomic E-state index is 0.514. The Balaban J connectivity index is 2.49. The van der Waals surface area contributed by atoms with Crippen LogP contribution in [0, 0.1) is 0 Å². The van der Waals surface area contributed by atoms with Crippen LogP contribution in [0.15, 0.2) is 34.9 Å². The molecular weight excluding hydrogens is 344 g/mol. The second-order valence-electron chi connectivity index (χ2n) is 4.61. The number of ether oxygens (including phenoxy) is 1. The first-order valence-corrected chi connectivity index (χ1v) is 7.33. The van der Waals surface area contributed by atoms with Crippen molar-refractivity contribution in [3.05, 3.63) is 51.2 Å². The van der Waals surface area contributed by atoms with Gasteiger partial charge in [0.1, 0.15) is 5.60 Å². The Hall–Kier alpha value is -0.880. The van der Waals surface area contributed by atoms with Crippen LogP contribution in [-0.2, 0) is 16.9 Å². The molecule has 2 aromatic rings. The lowest BCUT2D eigenvalue weighted by Gasteiger charge is -2.26. The number of hydrogen-bond acceptors (Lipinski definition) is 3. The molecule has 4 nitrogen and oxygen atoms in total. The molecule has 0 spiro atoms. The van der Waals surface area contributed by atoms with Crippen LogP contribution >= 0.6 is 27.5 Å². The minimum atomic E-state index is -1.25. The summed E-state index contributed by atoms with van der Waals surface area (Å²) in [7, 11) is 1.63. The Bertz CT molecular complexity index is 599. The number of aliphatic hydroxyl groups is 1. The number of rotatable bonds is 5. The lowest BCUT2D eigenvalue weighted by atomic mass is 9.92. The standard InChI is InChI=1S/C14H16BrClN2O2/c1-14(19,10-5-3-4-6-12(10)16)13-11(15)9-17-18(13)7-8-20-2/h3-6,9,19H,7-8H2,1-2H3. The predicted molar refractivity (Wildman–Crippen MR) is 81.9 cm³/mol. The van der Waals surface area contributed by atoms with Gasteiger partial charge in [0.2, 0.25) is 0 Å². The van der Waals surface area contributed by atoms with E-state index in [4.69, 9.17) is 16.3 Å². The van der Waals surface area contributed by atoms with E-state index in [9.17, 15) is 5.11 Å². The molecule has 108 valence electrons. The third kappa shape index (κ3) is 2.91. The maximum absolute atomic E-state index is 11.0. The summed E-state index contributed by atoms with van der Waals surface area (Å²) < 4.78 is 7.52. The van der Waals surface area contributed by atoms with Crippen LogP contribution in [0.5, 0.6) is 0 Å². The van der Waals surface area contributed by atoms with Crippen molar-refractivity contribution in [1.29, 1.82) is 0 Å². The van der Waals surface area contributed by atoms with Gasteiger partial charge < -0.3 is 9.84 Å². The van der Waals surface area contributed by atoms with Crippen LogP contribution in [-0.4, -0.2) is 28.6 Å².